The van der Waals surface area contributed by atoms with Crippen molar-refractivity contribution in [2.75, 3.05) is 57.3 Å². The highest BCUT2D eigenvalue weighted by Gasteiger charge is 2.28. The summed E-state index contributed by atoms with van der Waals surface area (Å²) in [6, 6.07) is 8.76. The number of carbonyl (C=O) groups excluding carboxylic acids is 1. The van der Waals surface area contributed by atoms with Crippen LogP contribution in [0, 0.1) is 13.8 Å². The Balaban J connectivity index is 1.39. The van der Waals surface area contributed by atoms with Crippen LogP contribution in [-0.4, -0.2) is 73.3 Å². The molecule has 1 unspecified atom stereocenters. The summed E-state index contributed by atoms with van der Waals surface area (Å²) in [6.45, 7) is 14.0. The predicted molar refractivity (Wildman–Crippen MR) is 125 cm³/mol. The molecule has 1 aromatic heterocycles. The number of piperazine rings is 1. The number of amides is 1. The van der Waals surface area contributed by atoms with E-state index < -0.39 is 0 Å². The minimum atomic E-state index is -0.0274. The van der Waals surface area contributed by atoms with Gasteiger partial charge >= 0.3 is 0 Å². The van der Waals surface area contributed by atoms with E-state index in [9.17, 15) is 4.79 Å². The number of benzene rings is 1. The molecule has 32 heavy (non-hydrogen) atoms. The highest BCUT2D eigenvalue weighted by atomic mass is 16.5. The van der Waals surface area contributed by atoms with E-state index in [1.54, 1.807) is 13.0 Å². The van der Waals surface area contributed by atoms with E-state index in [0.29, 0.717) is 36.7 Å². The van der Waals surface area contributed by atoms with Crippen molar-refractivity contribution in [1.82, 2.24) is 15.0 Å². The van der Waals surface area contributed by atoms with Crippen LogP contribution in [-0.2, 0) is 4.74 Å². The molecule has 172 valence electrons. The highest BCUT2D eigenvalue weighted by Crippen LogP contribution is 2.27. The molecule has 2 aromatic rings. The van der Waals surface area contributed by atoms with Gasteiger partial charge in [-0.1, -0.05) is 23.4 Å². The van der Waals surface area contributed by atoms with Gasteiger partial charge in [0, 0.05) is 51.5 Å². The van der Waals surface area contributed by atoms with Gasteiger partial charge < -0.3 is 19.1 Å². The molecule has 2 aliphatic heterocycles. The lowest BCUT2D eigenvalue weighted by atomic mass is 10.1. The van der Waals surface area contributed by atoms with Gasteiger partial charge in [-0.05, 0) is 44.4 Å². The van der Waals surface area contributed by atoms with E-state index in [2.05, 4.69) is 45.8 Å². The van der Waals surface area contributed by atoms with Crippen LogP contribution in [0.15, 0.2) is 41.4 Å². The molecule has 0 spiro atoms. The molecule has 2 saturated heterocycles. The van der Waals surface area contributed by atoms with Gasteiger partial charge in [-0.15, -0.1) is 6.58 Å². The lowest BCUT2D eigenvalue weighted by molar-refractivity contribution is 0.0245. The van der Waals surface area contributed by atoms with Crippen molar-refractivity contribution in [3.63, 3.8) is 0 Å². The van der Waals surface area contributed by atoms with E-state index >= 15 is 0 Å². The lowest BCUT2D eigenvalue weighted by Crippen LogP contribution is -2.49. The van der Waals surface area contributed by atoms with E-state index in [1.165, 1.54) is 24.1 Å². The van der Waals surface area contributed by atoms with Crippen LogP contribution in [0.5, 0.6) is 0 Å². The molecule has 1 atom stereocenters. The standard InChI is InChI=1S/C25H34N4O3/c1-4-16-31-23(21-8-7-9-22(17-21)28-10-5-6-11-28)18-27-12-14-29(15-13-27)25(30)24-19(2)26-32-20(24)3/h4,7-9,17,23H,1,5-6,10-16,18H2,2-3H3. The van der Waals surface area contributed by atoms with Crippen LogP contribution < -0.4 is 4.90 Å². The summed E-state index contributed by atoms with van der Waals surface area (Å²) in [6.07, 6.45) is 4.30. The monoisotopic (exact) mass is 438 g/mol. The number of anilines is 1. The van der Waals surface area contributed by atoms with Crippen molar-refractivity contribution in [3.8, 4) is 0 Å². The number of aryl methyl sites for hydroxylation is 2. The van der Waals surface area contributed by atoms with Crippen molar-refractivity contribution >= 4 is 11.6 Å². The van der Waals surface area contributed by atoms with Gasteiger partial charge in [-0.3, -0.25) is 9.69 Å². The highest BCUT2D eigenvalue weighted by molar-refractivity contribution is 5.96. The molecule has 0 N–H and O–H groups in total. The van der Waals surface area contributed by atoms with E-state index in [0.717, 1.165) is 32.7 Å². The minimum Gasteiger partial charge on any atom is -0.372 e. The lowest BCUT2D eigenvalue weighted by Gasteiger charge is -2.36. The second-order valence-electron chi connectivity index (χ2n) is 8.69. The Morgan fingerprint density at radius 3 is 2.59 bits per heavy atom. The van der Waals surface area contributed by atoms with E-state index in [1.807, 2.05) is 11.8 Å². The van der Waals surface area contributed by atoms with Crippen molar-refractivity contribution in [2.45, 2.75) is 32.8 Å². The Hall–Kier alpha value is -2.64. The maximum Gasteiger partial charge on any atom is 0.259 e. The normalized spacial score (nSPS) is 18.2. The van der Waals surface area contributed by atoms with Gasteiger partial charge in [-0.25, -0.2) is 0 Å². The quantitative estimate of drug-likeness (QED) is 0.587. The molecule has 2 aliphatic rings. The average molecular weight is 439 g/mol. The van der Waals surface area contributed by atoms with Crippen LogP contribution in [0.25, 0.3) is 0 Å². The summed E-state index contributed by atoms with van der Waals surface area (Å²) in [5.41, 5.74) is 3.74. The molecule has 0 aliphatic carbocycles. The molecule has 7 heteroatoms. The van der Waals surface area contributed by atoms with Crippen LogP contribution in [0.1, 0.15) is 46.3 Å². The van der Waals surface area contributed by atoms with E-state index in [4.69, 9.17) is 9.26 Å². The third kappa shape index (κ3) is 5.05. The summed E-state index contributed by atoms with van der Waals surface area (Å²) in [5.74, 6) is 0.601. The molecule has 2 fully saturated rings. The molecule has 1 aromatic carbocycles. The Kier molecular flexibility index (Phi) is 7.27. The summed E-state index contributed by atoms with van der Waals surface area (Å²) in [7, 11) is 0. The Morgan fingerprint density at radius 2 is 1.94 bits per heavy atom. The second kappa shape index (κ2) is 10.3. The number of hydrogen-bond donors (Lipinski definition) is 0. The Morgan fingerprint density at radius 1 is 1.19 bits per heavy atom. The number of nitrogens with zero attached hydrogens (tertiary/aromatic N) is 4. The largest absolute Gasteiger partial charge is 0.372 e. The first-order valence-electron chi connectivity index (χ1n) is 11.6. The molecule has 0 saturated carbocycles. The van der Waals surface area contributed by atoms with Crippen LogP contribution >= 0.6 is 0 Å². The fourth-order valence-corrected chi connectivity index (χ4v) is 4.65. The Bertz CT molecular complexity index is 908. The third-order valence-corrected chi connectivity index (χ3v) is 6.46. The van der Waals surface area contributed by atoms with Crippen molar-refractivity contribution in [2.24, 2.45) is 0 Å². The maximum absolute atomic E-state index is 12.9. The molecule has 1 amide bonds. The van der Waals surface area contributed by atoms with Gasteiger partial charge in [0.25, 0.3) is 5.91 Å². The van der Waals surface area contributed by atoms with Crippen LogP contribution in [0.4, 0.5) is 5.69 Å². The zero-order valence-corrected chi connectivity index (χ0v) is 19.3. The number of aromatic nitrogens is 1. The van der Waals surface area contributed by atoms with Gasteiger partial charge in [-0.2, -0.15) is 0 Å². The minimum absolute atomic E-state index is 0.0127. The van der Waals surface area contributed by atoms with Crippen molar-refractivity contribution in [3.05, 3.63) is 59.5 Å². The third-order valence-electron chi connectivity index (χ3n) is 6.46. The first kappa shape index (κ1) is 22.6. The van der Waals surface area contributed by atoms with Gasteiger partial charge in [0.2, 0.25) is 0 Å². The van der Waals surface area contributed by atoms with Crippen molar-refractivity contribution in [1.29, 1.82) is 0 Å². The smallest absolute Gasteiger partial charge is 0.259 e. The molecular weight excluding hydrogens is 404 g/mol. The zero-order chi connectivity index (χ0) is 22.5. The van der Waals surface area contributed by atoms with Crippen LogP contribution in [0.3, 0.4) is 0 Å². The predicted octanol–water partition coefficient (Wildman–Crippen LogP) is 3.59. The molecular formula is C25H34N4O3. The zero-order valence-electron chi connectivity index (χ0n) is 19.3. The fraction of sp³-hybridized carbons (Fsp3) is 0.520. The van der Waals surface area contributed by atoms with Crippen molar-refractivity contribution < 1.29 is 14.1 Å². The molecule has 4 rings (SSSR count). The average Bonchev–Trinajstić information content (AvgIpc) is 3.47. The SMILES string of the molecule is C=CCOC(CN1CCN(C(=O)c2c(C)noc2C)CC1)c1cccc(N2CCCC2)c1. The molecule has 0 radical (unpaired) electrons. The van der Waals surface area contributed by atoms with E-state index in [-0.39, 0.29) is 12.0 Å². The van der Waals surface area contributed by atoms with Gasteiger partial charge in [0.15, 0.2) is 0 Å². The van der Waals surface area contributed by atoms with Crippen LogP contribution in [0.2, 0.25) is 0 Å². The second-order valence-corrected chi connectivity index (χ2v) is 8.69. The summed E-state index contributed by atoms with van der Waals surface area (Å²) in [4.78, 5) is 19.7. The first-order chi connectivity index (χ1) is 15.6. The number of rotatable bonds is 8. The summed E-state index contributed by atoms with van der Waals surface area (Å²) < 4.78 is 11.4. The number of carbonyl (C=O) groups is 1. The number of ether oxygens (including phenoxy) is 1. The maximum atomic E-state index is 12.9. The summed E-state index contributed by atoms with van der Waals surface area (Å²) in [5, 5.41) is 3.92. The molecule has 0 bridgehead atoms. The first-order valence-corrected chi connectivity index (χ1v) is 11.6. The van der Waals surface area contributed by atoms with Gasteiger partial charge in [0.1, 0.15) is 11.3 Å². The summed E-state index contributed by atoms with van der Waals surface area (Å²) >= 11 is 0. The topological polar surface area (TPSA) is 62.1 Å². The Labute approximate surface area is 190 Å². The molecule has 3 heterocycles. The number of hydrogen-bond acceptors (Lipinski definition) is 6. The fourth-order valence-electron chi connectivity index (χ4n) is 4.65. The van der Waals surface area contributed by atoms with Gasteiger partial charge in [0.05, 0.1) is 18.4 Å². The molecule has 7 nitrogen and oxygen atoms in total.